The number of aromatic nitrogens is 5. The SMILES string of the molecule is Cc1cccc(C)c1Oc1ncccc1CNC(=O)c1ccc2nnnn2c1. The number of carbonyl (C=O) groups excluding carboxylic acids is 1. The summed E-state index contributed by atoms with van der Waals surface area (Å²) >= 11 is 0. The number of nitrogens with zero attached hydrogens (tertiary/aromatic N) is 5. The molecule has 0 saturated heterocycles. The maximum Gasteiger partial charge on any atom is 0.253 e. The second-order valence-electron chi connectivity index (χ2n) is 6.37. The fraction of sp³-hybridized carbons (Fsp3) is 0.150. The Morgan fingerprint density at radius 3 is 2.75 bits per heavy atom. The minimum Gasteiger partial charge on any atom is -0.438 e. The third-order valence-electron chi connectivity index (χ3n) is 4.35. The van der Waals surface area contributed by atoms with Crippen molar-refractivity contribution in [1.29, 1.82) is 0 Å². The number of carbonyl (C=O) groups is 1. The van der Waals surface area contributed by atoms with Crippen LogP contribution in [0.2, 0.25) is 0 Å². The molecule has 0 bridgehead atoms. The highest BCUT2D eigenvalue weighted by Gasteiger charge is 2.12. The Morgan fingerprint density at radius 2 is 1.93 bits per heavy atom. The number of pyridine rings is 2. The van der Waals surface area contributed by atoms with Gasteiger partial charge in [0.1, 0.15) is 5.75 Å². The number of para-hydroxylation sites is 1. The van der Waals surface area contributed by atoms with Crippen molar-refractivity contribution in [2.45, 2.75) is 20.4 Å². The van der Waals surface area contributed by atoms with Crippen molar-refractivity contribution in [2.75, 3.05) is 0 Å². The summed E-state index contributed by atoms with van der Waals surface area (Å²) < 4.78 is 7.52. The Labute approximate surface area is 161 Å². The quantitative estimate of drug-likeness (QED) is 0.577. The molecule has 1 amide bonds. The van der Waals surface area contributed by atoms with Gasteiger partial charge in [-0.1, -0.05) is 24.3 Å². The maximum absolute atomic E-state index is 12.5. The number of nitrogens with one attached hydrogen (secondary N) is 1. The van der Waals surface area contributed by atoms with Gasteiger partial charge in [-0.05, 0) is 53.6 Å². The number of amides is 1. The molecule has 1 N–H and O–H groups in total. The molecule has 0 unspecified atom stereocenters. The first kappa shape index (κ1) is 17.6. The first-order chi connectivity index (χ1) is 13.6. The Bertz CT molecular complexity index is 1130. The molecule has 140 valence electrons. The van der Waals surface area contributed by atoms with Gasteiger partial charge in [0.05, 0.1) is 5.56 Å². The second-order valence-corrected chi connectivity index (χ2v) is 6.37. The molecule has 0 fully saturated rings. The van der Waals surface area contributed by atoms with Crippen LogP contribution in [0.1, 0.15) is 27.0 Å². The summed E-state index contributed by atoms with van der Waals surface area (Å²) in [7, 11) is 0. The maximum atomic E-state index is 12.5. The van der Waals surface area contributed by atoms with Gasteiger partial charge in [-0.15, -0.1) is 5.10 Å². The highest BCUT2D eigenvalue weighted by molar-refractivity contribution is 5.94. The van der Waals surface area contributed by atoms with E-state index in [2.05, 4.69) is 25.8 Å². The van der Waals surface area contributed by atoms with E-state index in [4.69, 9.17) is 4.74 Å². The number of hydrogen-bond donors (Lipinski definition) is 1. The highest BCUT2D eigenvalue weighted by atomic mass is 16.5. The zero-order valence-electron chi connectivity index (χ0n) is 15.5. The number of benzene rings is 1. The lowest BCUT2D eigenvalue weighted by atomic mass is 10.1. The zero-order valence-corrected chi connectivity index (χ0v) is 15.5. The standard InChI is InChI=1S/C20H18N6O2/c1-13-5-3-6-14(2)18(13)28-20-15(7-4-10-21-20)11-22-19(27)16-8-9-17-23-24-25-26(17)12-16/h3-10,12H,11H2,1-2H3,(H,22,27). The van der Waals surface area contributed by atoms with Gasteiger partial charge in [-0.3, -0.25) is 4.79 Å². The largest absolute Gasteiger partial charge is 0.438 e. The number of ether oxygens (including phenoxy) is 1. The summed E-state index contributed by atoms with van der Waals surface area (Å²) in [6.45, 7) is 4.25. The summed E-state index contributed by atoms with van der Waals surface area (Å²) in [5.41, 5.74) is 3.86. The molecule has 8 nitrogen and oxygen atoms in total. The summed E-state index contributed by atoms with van der Waals surface area (Å²) in [6.07, 6.45) is 3.25. The summed E-state index contributed by atoms with van der Waals surface area (Å²) in [6, 6.07) is 13.0. The van der Waals surface area contributed by atoms with E-state index in [1.165, 1.54) is 4.52 Å². The van der Waals surface area contributed by atoms with Crippen LogP contribution in [-0.4, -0.2) is 30.9 Å². The topological polar surface area (TPSA) is 94.3 Å². The van der Waals surface area contributed by atoms with E-state index in [9.17, 15) is 4.79 Å². The highest BCUT2D eigenvalue weighted by Crippen LogP contribution is 2.29. The summed E-state index contributed by atoms with van der Waals surface area (Å²) in [5, 5.41) is 14.1. The van der Waals surface area contributed by atoms with Gasteiger partial charge in [0.2, 0.25) is 5.88 Å². The van der Waals surface area contributed by atoms with Crippen LogP contribution in [0.5, 0.6) is 11.6 Å². The number of hydrogen-bond acceptors (Lipinski definition) is 6. The van der Waals surface area contributed by atoms with Crippen molar-refractivity contribution in [3.8, 4) is 11.6 Å². The Morgan fingerprint density at radius 1 is 1.11 bits per heavy atom. The van der Waals surface area contributed by atoms with E-state index in [1.54, 1.807) is 24.5 Å². The second kappa shape index (κ2) is 7.43. The van der Waals surface area contributed by atoms with Gasteiger partial charge in [-0.25, -0.2) is 4.98 Å². The van der Waals surface area contributed by atoms with E-state index < -0.39 is 0 Å². The summed E-state index contributed by atoms with van der Waals surface area (Å²) in [5.74, 6) is 1.01. The van der Waals surface area contributed by atoms with Crippen molar-refractivity contribution >= 4 is 11.6 Å². The van der Waals surface area contributed by atoms with Gasteiger partial charge in [0.15, 0.2) is 5.65 Å². The van der Waals surface area contributed by atoms with Crippen LogP contribution in [0.15, 0.2) is 54.9 Å². The molecule has 8 heteroatoms. The van der Waals surface area contributed by atoms with Crippen LogP contribution >= 0.6 is 0 Å². The van der Waals surface area contributed by atoms with E-state index in [0.717, 1.165) is 22.4 Å². The molecule has 0 aliphatic heterocycles. The van der Waals surface area contributed by atoms with Crippen molar-refractivity contribution < 1.29 is 9.53 Å². The predicted octanol–water partition coefficient (Wildman–Crippen LogP) is 2.86. The van der Waals surface area contributed by atoms with E-state index >= 15 is 0 Å². The van der Waals surface area contributed by atoms with Gasteiger partial charge in [0.25, 0.3) is 5.91 Å². The molecule has 4 aromatic rings. The van der Waals surface area contributed by atoms with Crippen LogP contribution in [0.3, 0.4) is 0 Å². The predicted molar refractivity (Wildman–Crippen MR) is 102 cm³/mol. The molecule has 3 heterocycles. The van der Waals surface area contributed by atoms with Gasteiger partial charge >= 0.3 is 0 Å². The van der Waals surface area contributed by atoms with Crippen molar-refractivity contribution in [2.24, 2.45) is 0 Å². The van der Waals surface area contributed by atoms with Crippen molar-refractivity contribution in [3.05, 3.63) is 77.1 Å². The average molecular weight is 374 g/mol. The molecule has 0 aliphatic rings. The first-order valence-electron chi connectivity index (χ1n) is 8.76. The number of rotatable bonds is 5. The molecular weight excluding hydrogens is 356 g/mol. The van der Waals surface area contributed by atoms with E-state index in [1.807, 2.05) is 44.2 Å². The lowest BCUT2D eigenvalue weighted by Gasteiger charge is -2.14. The fourth-order valence-electron chi connectivity index (χ4n) is 2.86. The summed E-state index contributed by atoms with van der Waals surface area (Å²) in [4.78, 5) is 16.8. The Kier molecular flexibility index (Phi) is 4.67. The van der Waals surface area contributed by atoms with Crippen LogP contribution in [0.25, 0.3) is 5.65 Å². The third kappa shape index (κ3) is 3.52. The molecule has 0 radical (unpaired) electrons. The monoisotopic (exact) mass is 374 g/mol. The molecule has 0 saturated carbocycles. The van der Waals surface area contributed by atoms with Gasteiger partial charge in [0, 0.05) is 24.5 Å². The van der Waals surface area contributed by atoms with Crippen molar-refractivity contribution in [1.82, 2.24) is 30.3 Å². The Hall–Kier alpha value is -3.81. The Balaban J connectivity index is 1.51. The van der Waals surface area contributed by atoms with Crippen molar-refractivity contribution in [3.63, 3.8) is 0 Å². The molecular formula is C20H18N6O2. The fourth-order valence-corrected chi connectivity index (χ4v) is 2.86. The average Bonchev–Trinajstić information content (AvgIpc) is 3.17. The van der Waals surface area contributed by atoms with E-state index in [-0.39, 0.29) is 12.5 Å². The van der Waals surface area contributed by atoms with Crippen LogP contribution in [-0.2, 0) is 6.54 Å². The number of fused-ring (bicyclic) bond motifs is 1. The van der Waals surface area contributed by atoms with Crippen LogP contribution in [0, 0.1) is 13.8 Å². The molecule has 4 rings (SSSR count). The van der Waals surface area contributed by atoms with Crippen LogP contribution in [0.4, 0.5) is 0 Å². The molecule has 0 atom stereocenters. The molecule has 0 spiro atoms. The molecule has 28 heavy (non-hydrogen) atoms. The smallest absolute Gasteiger partial charge is 0.253 e. The third-order valence-corrected chi connectivity index (χ3v) is 4.35. The van der Waals surface area contributed by atoms with E-state index in [0.29, 0.717) is 17.1 Å². The van der Waals surface area contributed by atoms with Gasteiger partial charge < -0.3 is 10.1 Å². The molecule has 0 aliphatic carbocycles. The molecule has 1 aromatic carbocycles. The first-order valence-corrected chi connectivity index (χ1v) is 8.76. The lowest BCUT2D eigenvalue weighted by Crippen LogP contribution is -2.23. The van der Waals surface area contributed by atoms with Gasteiger partial charge in [-0.2, -0.15) is 4.52 Å². The number of aryl methyl sites for hydroxylation is 2. The lowest BCUT2D eigenvalue weighted by molar-refractivity contribution is 0.0950. The normalized spacial score (nSPS) is 10.8. The number of tetrazole rings is 1. The zero-order chi connectivity index (χ0) is 19.5. The van der Waals surface area contributed by atoms with Crippen LogP contribution < -0.4 is 10.1 Å². The molecule has 3 aromatic heterocycles. The minimum atomic E-state index is -0.237. The minimum absolute atomic E-state index is 0.237.